The highest BCUT2D eigenvalue weighted by atomic mass is 32.1. The lowest BCUT2D eigenvalue weighted by Crippen LogP contribution is -2.48. The molecule has 0 bridgehead atoms. The van der Waals surface area contributed by atoms with Crippen molar-refractivity contribution >= 4 is 29.1 Å². The largest absolute Gasteiger partial charge is 0.302 e. The quantitative estimate of drug-likeness (QED) is 0.591. The fraction of sp³-hybridized carbons (Fsp3) is 0.167. The minimum atomic E-state index is -0.328. The summed E-state index contributed by atoms with van der Waals surface area (Å²) in [4.78, 5) is 23.9. The molecule has 5 nitrogen and oxygen atoms in total. The van der Waals surface area contributed by atoms with Crippen molar-refractivity contribution in [3.63, 3.8) is 0 Å². The Balaban J connectivity index is 1.80. The monoisotopic (exact) mass is 341 g/mol. The van der Waals surface area contributed by atoms with E-state index in [9.17, 15) is 9.59 Å². The number of amides is 2. The second kappa shape index (κ2) is 8.21. The molecule has 2 amide bonds. The Labute approximate surface area is 146 Å². The minimum Gasteiger partial charge on any atom is -0.302 e. The first-order valence-electron chi connectivity index (χ1n) is 7.47. The normalized spacial score (nSPS) is 9.92. The molecule has 0 saturated carbocycles. The van der Waals surface area contributed by atoms with Gasteiger partial charge in [0.1, 0.15) is 0 Å². The maximum absolute atomic E-state index is 12.0. The Kier molecular flexibility index (Phi) is 6.03. The van der Waals surface area contributed by atoms with Crippen LogP contribution in [-0.4, -0.2) is 16.9 Å². The van der Waals surface area contributed by atoms with Crippen LogP contribution < -0.4 is 16.2 Å². The highest BCUT2D eigenvalue weighted by Crippen LogP contribution is 2.07. The molecule has 2 aromatic carbocycles. The lowest BCUT2D eigenvalue weighted by Gasteiger charge is -2.11. The first-order chi connectivity index (χ1) is 11.5. The van der Waals surface area contributed by atoms with Crippen LogP contribution in [0.3, 0.4) is 0 Å². The van der Waals surface area contributed by atoms with Crippen LogP contribution in [0.4, 0.5) is 0 Å². The molecule has 0 aliphatic carbocycles. The second-order valence-electron chi connectivity index (χ2n) is 5.43. The highest BCUT2D eigenvalue weighted by Gasteiger charge is 2.09. The highest BCUT2D eigenvalue weighted by molar-refractivity contribution is 7.80. The Hall–Kier alpha value is -2.73. The van der Waals surface area contributed by atoms with Gasteiger partial charge < -0.3 is 5.32 Å². The molecule has 6 heteroatoms. The van der Waals surface area contributed by atoms with Crippen molar-refractivity contribution in [3.05, 3.63) is 70.8 Å². The average Bonchev–Trinajstić information content (AvgIpc) is 2.55. The fourth-order valence-electron chi connectivity index (χ4n) is 2.07. The van der Waals surface area contributed by atoms with Gasteiger partial charge >= 0.3 is 0 Å². The van der Waals surface area contributed by atoms with Crippen molar-refractivity contribution < 1.29 is 9.59 Å². The van der Waals surface area contributed by atoms with Gasteiger partial charge in [-0.1, -0.05) is 42.0 Å². The summed E-state index contributed by atoms with van der Waals surface area (Å²) in [5, 5.41) is 2.59. The van der Waals surface area contributed by atoms with Crippen LogP contribution in [-0.2, 0) is 11.2 Å². The predicted molar refractivity (Wildman–Crippen MR) is 97.4 cm³/mol. The van der Waals surface area contributed by atoms with Gasteiger partial charge in [0.05, 0.1) is 6.42 Å². The van der Waals surface area contributed by atoms with E-state index in [1.807, 2.05) is 50.2 Å². The lowest BCUT2D eigenvalue weighted by molar-refractivity contribution is -0.119. The summed E-state index contributed by atoms with van der Waals surface area (Å²) in [5.41, 5.74) is 8.52. The SMILES string of the molecule is Cc1ccc(C(=O)NNC(=S)NC(=O)Cc2ccccc2C)cc1. The van der Waals surface area contributed by atoms with Crippen molar-refractivity contribution in [1.29, 1.82) is 0 Å². The predicted octanol–water partition coefficient (Wildman–Crippen LogP) is 2.18. The van der Waals surface area contributed by atoms with E-state index < -0.39 is 0 Å². The number of carbonyl (C=O) groups excluding carboxylic acids is 2. The van der Waals surface area contributed by atoms with Gasteiger partial charge in [-0.05, 0) is 49.3 Å². The first kappa shape index (κ1) is 17.6. The third-order valence-electron chi connectivity index (χ3n) is 3.47. The number of aryl methyl sites for hydroxylation is 2. The van der Waals surface area contributed by atoms with E-state index in [0.29, 0.717) is 5.56 Å². The maximum atomic E-state index is 12.0. The van der Waals surface area contributed by atoms with E-state index in [1.165, 1.54) is 0 Å². The molecule has 2 rings (SSSR count). The molecule has 24 heavy (non-hydrogen) atoms. The summed E-state index contributed by atoms with van der Waals surface area (Å²) < 4.78 is 0. The number of hydrazine groups is 1. The van der Waals surface area contributed by atoms with Crippen LogP contribution in [0.25, 0.3) is 0 Å². The summed E-state index contributed by atoms with van der Waals surface area (Å²) in [6, 6.07) is 14.8. The summed E-state index contributed by atoms with van der Waals surface area (Å²) in [6.07, 6.45) is 0.223. The first-order valence-corrected chi connectivity index (χ1v) is 7.88. The summed E-state index contributed by atoms with van der Waals surface area (Å²) in [6.45, 7) is 3.89. The molecule has 0 fully saturated rings. The van der Waals surface area contributed by atoms with Crippen LogP contribution in [0.5, 0.6) is 0 Å². The topological polar surface area (TPSA) is 70.2 Å². The van der Waals surface area contributed by atoms with Gasteiger partial charge in [-0.15, -0.1) is 0 Å². The van der Waals surface area contributed by atoms with Gasteiger partial charge in [0, 0.05) is 5.56 Å². The summed E-state index contributed by atoms with van der Waals surface area (Å²) in [7, 11) is 0. The maximum Gasteiger partial charge on any atom is 0.269 e. The third kappa shape index (κ3) is 5.17. The molecule has 0 unspecified atom stereocenters. The van der Waals surface area contributed by atoms with Crippen molar-refractivity contribution in [2.45, 2.75) is 20.3 Å². The van der Waals surface area contributed by atoms with Crippen molar-refractivity contribution in [1.82, 2.24) is 16.2 Å². The van der Waals surface area contributed by atoms with Gasteiger partial charge in [0.25, 0.3) is 5.91 Å². The van der Waals surface area contributed by atoms with Crippen molar-refractivity contribution in [3.8, 4) is 0 Å². The molecule has 0 radical (unpaired) electrons. The van der Waals surface area contributed by atoms with Crippen LogP contribution in [0.15, 0.2) is 48.5 Å². The summed E-state index contributed by atoms with van der Waals surface area (Å²) in [5.74, 6) is -0.572. The average molecular weight is 341 g/mol. The molecule has 3 N–H and O–H groups in total. The van der Waals surface area contributed by atoms with Crippen molar-refractivity contribution in [2.75, 3.05) is 0 Å². The Morgan fingerprint density at radius 1 is 0.958 bits per heavy atom. The number of hydrogen-bond donors (Lipinski definition) is 3. The van der Waals surface area contributed by atoms with Gasteiger partial charge in [0.15, 0.2) is 5.11 Å². The smallest absolute Gasteiger partial charge is 0.269 e. The number of nitrogens with one attached hydrogen (secondary N) is 3. The molecule has 0 saturated heterocycles. The van der Waals surface area contributed by atoms with E-state index >= 15 is 0 Å². The Morgan fingerprint density at radius 3 is 2.29 bits per heavy atom. The third-order valence-corrected chi connectivity index (χ3v) is 3.67. The molecule has 0 aliphatic rings. The number of carbonyl (C=O) groups is 2. The second-order valence-corrected chi connectivity index (χ2v) is 5.83. The molecule has 0 aromatic heterocycles. The molecule has 0 spiro atoms. The van der Waals surface area contributed by atoms with E-state index in [2.05, 4.69) is 16.2 Å². The molecule has 0 atom stereocenters. The lowest BCUT2D eigenvalue weighted by atomic mass is 10.1. The number of hydrogen-bond acceptors (Lipinski definition) is 3. The van der Waals surface area contributed by atoms with Crippen molar-refractivity contribution in [2.24, 2.45) is 0 Å². The molecule has 124 valence electrons. The van der Waals surface area contributed by atoms with Gasteiger partial charge in [0.2, 0.25) is 5.91 Å². The minimum absolute atomic E-state index is 0.0500. The number of rotatable bonds is 3. The zero-order chi connectivity index (χ0) is 17.5. The Bertz CT molecular complexity index is 757. The van der Waals surface area contributed by atoms with Crippen LogP contribution in [0.1, 0.15) is 27.0 Å². The number of thiocarbonyl (C=S) groups is 1. The molecular weight excluding hydrogens is 322 g/mol. The Morgan fingerprint density at radius 2 is 1.62 bits per heavy atom. The molecule has 2 aromatic rings. The van der Waals surface area contributed by atoms with Gasteiger partial charge in [-0.3, -0.25) is 20.4 Å². The number of benzene rings is 2. The molecule has 0 aliphatic heterocycles. The van der Waals surface area contributed by atoms with E-state index in [1.54, 1.807) is 12.1 Å². The zero-order valence-electron chi connectivity index (χ0n) is 13.6. The fourth-order valence-corrected chi connectivity index (χ4v) is 2.24. The van der Waals surface area contributed by atoms with Crippen LogP contribution in [0, 0.1) is 13.8 Å². The van der Waals surface area contributed by atoms with Gasteiger partial charge in [-0.25, -0.2) is 0 Å². The standard InChI is InChI=1S/C18H19N3O2S/c1-12-7-9-14(10-8-12)17(23)20-21-18(24)19-16(22)11-15-6-4-3-5-13(15)2/h3-10H,11H2,1-2H3,(H,20,23)(H2,19,21,22,24). The van der Waals surface area contributed by atoms with E-state index in [4.69, 9.17) is 12.2 Å². The molecule has 0 heterocycles. The van der Waals surface area contributed by atoms with E-state index in [0.717, 1.165) is 16.7 Å². The van der Waals surface area contributed by atoms with Crippen LogP contribution in [0.2, 0.25) is 0 Å². The van der Waals surface area contributed by atoms with E-state index in [-0.39, 0.29) is 23.3 Å². The summed E-state index contributed by atoms with van der Waals surface area (Å²) >= 11 is 5.01. The van der Waals surface area contributed by atoms with Crippen LogP contribution >= 0.6 is 12.2 Å². The van der Waals surface area contributed by atoms with Gasteiger partial charge in [-0.2, -0.15) is 0 Å². The zero-order valence-corrected chi connectivity index (χ0v) is 14.4. The molecular formula is C18H19N3O2S.